The third-order valence-corrected chi connectivity index (χ3v) is 7.63. The molecule has 0 bridgehead atoms. The van der Waals surface area contributed by atoms with Crippen LogP contribution in [0, 0.1) is 17.8 Å². The van der Waals surface area contributed by atoms with Crippen LogP contribution in [0.2, 0.25) is 0 Å². The van der Waals surface area contributed by atoms with E-state index in [-0.39, 0.29) is 24.7 Å². The maximum atomic E-state index is 14.5. The number of hydrogen-bond donors (Lipinski definition) is 1. The Morgan fingerprint density at radius 2 is 1.00 bits per heavy atom. The minimum atomic E-state index is -7.95. The normalized spacial score (nSPS) is 30.4. The highest BCUT2D eigenvalue weighted by Crippen LogP contribution is 2.63. The molecule has 14 heteroatoms. The van der Waals surface area contributed by atoms with Crippen LogP contribution in [0.5, 0.6) is 0 Å². The summed E-state index contributed by atoms with van der Waals surface area (Å²) in [6.45, 7) is 2.01. The first-order chi connectivity index (χ1) is 15.6. The van der Waals surface area contributed by atoms with Gasteiger partial charge in [0.2, 0.25) is 0 Å². The molecular weight excluding hydrogens is 515 g/mol. The van der Waals surface area contributed by atoms with Crippen molar-refractivity contribution in [1.82, 2.24) is 0 Å². The maximum Gasteiger partial charge on any atom is 0.460 e. The minimum absolute atomic E-state index is 0.0157. The summed E-state index contributed by atoms with van der Waals surface area (Å²) in [5.41, 5.74) is -4.01. The van der Waals surface area contributed by atoms with Crippen molar-refractivity contribution < 1.29 is 62.2 Å². The summed E-state index contributed by atoms with van der Waals surface area (Å²) in [4.78, 5) is 0. The van der Waals surface area contributed by atoms with Gasteiger partial charge >= 0.3 is 35.8 Å². The molecule has 0 unspecified atom stereocenters. The van der Waals surface area contributed by atoms with Gasteiger partial charge < -0.3 is 5.11 Å². The third kappa shape index (κ3) is 4.73. The van der Waals surface area contributed by atoms with Crippen LogP contribution < -0.4 is 0 Å². The summed E-state index contributed by atoms with van der Waals surface area (Å²) in [7, 11) is 0. The number of rotatable bonds is 8. The van der Waals surface area contributed by atoms with Gasteiger partial charge in [0.15, 0.2) is 0 Å². The zero-order chi connectivity index (χ0) is 27.3. The lowest BCUT2D eigenvalue weighted by atomic mass is 9.65. The maximum absolute atomic E-state index is 14.5. The van der Waals surface area contributed by atoms with Gasteiger partial charge in [0.25, 0.3) is 0 Å². The molecule has 0 aliphatic heterocycles. The highest BCUT2D eigenvalue weighted by atomic mass is 19.4. The molecule has 2 aliphatic rings. The quantitative estimate of drug-likeness (QED) is 0.306. The van der Waals surface area contributed by atoms with E-state index in [1.54, 1.807) is 0 Å². The van der Waals surface area contributed by atoms with E-state index >= 15 is 0 Å². The Kier molecular flexibility index (Phi) is 8.14. The highest BCUT2D eigenvalue weighted by molar-refractivity contribution is 5.15. The van der Waals surface area contributed by atoms with E-state index in [2.05, 4.69) is 0 Å². The Bertz CT molecular complexity index is 715. The lowest BCUT2D eigenvalue weighted by Crippen LogP contribution is -2.74. The van der Waals surface area contributed by atoms with Crippen LogP contribution in [0.3, 0.4) is 0 Å². The van der Waals surface area contributed by atoms with Crippen molar-refractivity contribution in [1.29, 1.82) is 0 Å². The first-order valence-electron chi connectivity index (χ1n) is 11.3. The molecule has 0 heterocycles. The van der Waals surface area contributed by atoms with Crippen molar-refractivity contribution in [2.24, 2.45) is 17.8 Å². The van der Waals surface area contributed by atoms with Crippen LogP contribution in [-0.4, -0.2) is 46.5 Å². The van der Waals surface area contributed by atoms with E-state index < -0.39 is 54.2 Å². The van der Waals surface area contributed by atoms with Gasteiger partial charge in [-0.15, -0.1) is 0 Å². The molecule has 0 aromatic carbocycles. The molecule has 2 saturated carbocycles. The Balaban J connectivity index is 2.23. The van der Waals surface area contributed by atoms with Crippen LogP contribution in [0.1, 0.15) is 71.1 Å². The molecule has 0 amide bonds. The van der Waals surface area contributed by atoms with Gasteiger partial charge in [0.1, 0.15) is 5.60 Å². The Morgan fingerprint density at radius 1 is 0.600 bits per heavy atom. The second-order valence-corrected chi connectivity index (χ2v) is 9.81. The predicted octanol–water partition coefficient (Wildman–Crippen LogP) is 8.25. The zero-order valence-electron chi connectivity index (χ0n) is 18.7. The standard InChI is InChI=1S/C21H27F13O/c1-2-3-12-4-6-13(7-5-12)14-8-10-15(35,11-9-14)16(22,23)17(24,25)18(26,27)19(28,29)20(30,31)21(32,33)34/h12-14,35H,2-11H2,1H3/t12?,13?,14-,15+. The van der Waals surface area contributed by atoms with Crippen LogP contribution in [0.15, 0.2) is 0 Å². The van der Waals surface area contributed by atoms with Crippen molar-refractivity contribution in [2.45, 2.75) is 113 Å². The summed E-state index contributed by atoms with van der Waals surface area (Å²) in [5.74, 6) is -37.4. The molecule has 208 valence electrons. The predicted molar refractivity (Wildman–Crippen MR) is 98.1 cm³/mol. The molecule has 0 aromatic heterocycles. The van der Waals surface area contributed by atoms with Crippen LogP contribution in [-0.2, 0) is 0 Å². The topological polar surface area (TPSA) is 20.2 Å². The van der Waals surface area contributed by atoms with Gasteiger partial charge in [0, 0.05) is 0 Å². The second-order valence-electron chi connectivity index (χ2n) is 9.81. The molecule has 1 nitrogen and oxygen atoms in total. The van der Waals surface area contributed by atoms with Crippen molar-refractivity contribution in [2.75, 3.05) is 0 Å². The fourth-order valence-corrected chi connectivity index (χ4v) is 5.32. The molecule has 0 spiro atoms. The van der Waals surface area contributed by atoms with Gasteiger partial charge in [0.05, 0.1) is 0 Å². The Labute approximate surface area is 193 Å². The number of alkyl halides is 13. The van der Waals surface area contributed by atoms with E-state index in [0.29, 0.717) is 18.8 Å². The first kappa shape index (κ1) is 30.3. The molecule has 35 heavy (non-hydrogen) atoms. The van der Waals surface area contributed by atoms with Crippen LogP contribution in [0.4, 0.5) is 57.1 Å². The van der Waals surface area contributed by atoms with E-state index in [9.17, 15) is 62.2 Å². The fraction of sp³-hybridized carbons (Fsp3) is 1.00. The number of hydrogen-bond acceptors (Lipinski definition) is 1. The van der Waals surface area contributed by atoms with Gasteiger partial charge in [-0.25, -0.2) is 0 Å². The smallest absolute Gasteiger partial charge is 0.383 e. The minimum Gasteiger partial charge on any atom is -0.383 e. The highest BCUT2D eigenvalue weighted by Gasteiger charge is 2.92. The van der Waals surface area contributed by atoms with Gasteiger partial charge in [-0.1, -0.05) is 32.6 Å². The van der Waals surface area contributed by atoms with E-state index in [1.807, 2.05) is 6.92 Å². The fourth-order valence-electron chi connectivity index (χ4n) is 5.32. The lowest BCUT2D eigenvalue weighted by molar-refractivity contribution is -0.450. The third-order valence-electron chi connectivity index (χ3n) is 7.63. The largest absolute Gasteiger partial charge is 0.460 e. The summed E-state index contributed by atoms with van der Waals surface area (Å²) in [5, 5.41) is 10.1. The SMILES string of the molecule is CCCC1CCC([C@H]2CC[C@](O)(C(F)(F)C(F)(F)C(F)(F)C(F)(F)C(F)(F)C(F)(F)F)CC2)CC1. The van der Waals surface area contributed by atoms with Crippen LogP contribution >= 0.6 is 0 Å². The summed E-state index contributed by atoms with van der Waals surface area (Å²) in [6, 6.07) is 0. The molecule has 0 radical (unpaired) electrons. The van der Waals surface area contributed by atoms with Gasteiger partial charge in [-0.2, -0.15) is 57.1 Å². The van der Waals surface area contributed by atoms with Crippen molar-refractivity contribution in [3.8, 4) is 0 Å². The molecule has 1 N–H and O–H groups in total. The van der Waals surface area contributed by atoms with Crippen LogP contribution in [0.25, 0.3) is 0 Å². The molecule has 2 rings (SSSR count). The average Bonchev–Trinajstić information content (AvgIpc) is 2.73. The summed E-state index contributed by atoms with van der Waals surface area (Å²) < 4.78 is 175. The summed E-state index contributed by atoms with van der Waals surface area (Å²) in [6.07, 6.45) is -5.63. The van der Waals surface area contributed by atoms with Crippen molar-refractivity contribution in [3.63, 3.8) is 0 Å². The zero-order valence-corrected chi connectivity index (χ0v) is 18.7. The number of halogens is 13. The average molecular weight is 542 g/mol. The summed E-state index contributed by atoms with van der Waals surface area (Å²) >= 11 is 0. The lowest BCUT2D eigenvalue weighted by Gasteiger charge is -2.48. The Hall–Kier alpha value is -0.950. The van der Waals surface area contributed by atoms with Crippen molar-refractivity contribution >= 4 is 0 Å². The molecule has 2 fully saturated rings. The van der Waals surface area contributed by atoms with E-state index in [0.717, 1.165) is 25.7 Å². The first-order valence-corrected chi connectivity index (χ1v) is 11.3. The molecule has 0 saturated heterocycles. The Morgan fingerprint density at radius 3 is 1.40 bits per heavy atom. The molecule has 2 aliphatic carbocycles. The van der Waals surface area contributed by atoms with Crippen molar-refractivity contribution in [3.05, 3.63) is 0 Å². The molecule has 0 atom stereocenters. The number of aliphatic hydroxyl groups is 1. The second kappa shape index (κ2) is 9.41. The van der Waals surface area contributed by atoms with Gasteiger partial charge in [-0.3, -0.25) is 0 Å². The van der Waals surface area contributed by atoms with E-state index in [1.165, 1.54) is 0 Å². The molecule has 0 aromatic rings. The van der Waals surface area contributed by atoms with E-state index in [4.69, 9.17) is 0 Å². The monoisotopic (exact) mass is 542 g/mol. The molecular formula is C21H27F13O. The van der Waals surface area contributed by atoms with Gasteiger partial charge in [-0.05, 0) is 56.3 Å².